The Balaban J connectivity index is 4.98. The van der Waals surface area contributed by atoms with Gasteiger partial charge >= 0.3 is 0 Å². The summed E-state index contributed by atoms with van der Waals surface area (Å²) in [4.78, 5) is 4.30. The van der Waals surface area contributed by atoms with Crippen molar-refractivity contribution in [3.63, 3.8) is 0 Å². The van der Waals surface area contributed by atoms with E-state index in [1.54, 1.807) is 0 Å². The first kappa shape index (κ1) is 18.2. The van der Waals surface area contributed by atoms with Crippen LogP contribution >= 0.6 is 11.6 Å². The molecule has 108 valence electrons. The summed E-state index contributed by atoms with van der Waals surface area (Å²) < 4.78 is 0. The van der Waals surface area contributed by atoms with Gasteiger partial charge in [0.05, 0.1) is 5.71 Å². The molecule has 0 rings (SSSR count). The fourth-order valence-electron chi connectivity index (χ4n) is 1.96. The molecular formula is C17H28ClN. The zero-order chi connectivity index (χ0) is 14.7. The molecule has 0 fully saturated rings. The molecular weight excluding hydrogens is 254 g/mol. The summed E-state index contributed by atoms with van der Waals surface area (Å²) in [6.07, 6.45) is 12.9. The van der Waals surface area contributed by atoms with Crippen molar-refractivity contribution >= 4 is 17.3 Å². The second-order valence-electron chi connectivity index (χ2n) is 4.77. The largest absolute Gasteiger partial charge is 0.289 e. The van der Waals surface area contributed by atoms with Gasteiger partial charge in [0.1, 0.15) is 0 Å². The molecule has 0 amide bonds. The molecule has 0 aliphatic heterocycles. The van der Waals surface area contributed by atoms with Crippen molar-refractivity contribution in [1.29, 1.82) is 0 Å². The second-order valence-corrected chi connectivity index (χ2v) is 5.26. The molecule has 1 atom stereocenters. The molecule has 19 heavy (non-hydrogen) atoms. The van der Waals surface area contributed by atoms with Crippen molar-refractivity contribution in [2.75, 3.05) is 7.05 Å². The lowest BCUT2D eigenvalue weighted by molar-refractivity contribution is 0.558. The van der Waals surface area contributed by atoms with Gasteiger partial charge < -0.3 is 0 Å². The van der Waals surface area contributed by atoms with Crippen molar-refractivity contribution < 1.29 is 0 Å². The Bertz CT molecular complexity index is 361. The number of rotatable bonds is 8. The molecule has 0 saturated carbocycles. The minimum atomic E-state index is 0.603. The van der Waals surface area contributed by atoms with E-state index in [0.29, 0.717) is 5.92 Å². The third kappa shape index (κ3) is 8.05. The summed E-state index contributed by atoms with van der Waals surface area (Å²) in [7, 11) is 1.82. The van der Waals surface area contributed by atoms with E-state index in [2.05, 4.69) is 50.9 Å². The van der Waals surface area contributed by atoms with Gasteiger partial charge in [-0.1, -0.05) is 49.6 Å². The van der Waals surface area contributed by atoms with Crippen LogP contribution in [0.1, 0.15) is 53.4 Å². The molecule has 1 unspecified atom stereocenters. The Morgan fingerprint density at radius 1 is 1.26 bits per heavy atom. The van der Waals surface area contributed by atoms with E-state index in [1.165, 1.54) is 18.4 Å². The standard InChI is InChI=1S/C17H28ClN/c1-6-9-11-15(10-7-2)14(4)12-17(19-5)13-16(18)8-3/h6,9,12-13,15H,7-8,10-11H2,1-5H3/b9-6?,14-12-,16-13-,19-17?. The van der Waals surface area contributed by atoms with Crippen molar-refractivity contribution in [1.82, 2.24) is 0 Å². The Morgan fingerprint density at radius 3 is 2.42 bits per heavy atom. The zero-order valence-corrected chi connectivity index (χ0v) is 13.8. The summed E-state index contributed by atoms with van der Waals surface area (Å²) in [6.45, 7) is 8.56. The van der Waals surface area contributed by atoms with E-state index in [1.807, 2.05) is 13.1 Å². The lowest BCUT2D eigenvalue weighted by Crippen LogP contribution is -2.03. The molecule has 0 bridgehead atoms. The molecule has 0 N–H and O–H groups in total. The van der Waals surface area contributed by atoms with Gasteiger partial charge in [0, 0.05) is 12.1 Å². The van der Waals surface area contributed by atoms with Crippen LogP contribution in [0.25, 0.3) is 0 Å². The number of hydrogen-bond donors (Lipinski definition) is 0. The number of aliphatic imine (C=N–C) groups is 1. The van der Waals surface area contributed by atoms with E-state index >= 15 is 0 Å². The van der Waals surface area contributed by atoms with Gasteiger partial charge in [0.25, 0.3) is 0 Å². The fourth-order valence-corrected chi connectivity index (χ4v) is 2.08. The molecule has 0 aromatic rings. The quantitative estimate of drug-likeness (QED) is 0.387. The minimum absolute atomic E-state index is 0.603. The molecule has 0 aromatic carbocycles. The maximum Gasteiger partial charge on any atom is 0.0581 e. The normalized spacial score (nSPS) is 16.2. The van der Waals surface area contributed by atoms with Gasteiger partial charge in [0.2, 0.25) is 0 Å². The van der Waals surface area contributed by atoms with Crippen molar-refractivity contribution in [3.8, 4) is 0 Å². The first-order valence-electron chi connectivity index (χ1n) is 7.21. The lowest BCUT2D eigenvalue weighted by atomic mass is 9.91. The van der Waals surface area contributed by atoms with Crippen LogP contribution in [0.5, 0.6) is 0 Å². The van der Waals surface area contributed by atoms with Crippen LogP contribution < -0.4 is 0 Å². The Hall–Kier alpha value is -0.820. The third-order valence-electron chi connectivity index (χ3n) is 3.21. The average molecular weight is 282 g/mol. The van der Waals surface area contributed by atoms with Crippen molar-refractivity contribution in [2.24, 2.45) is 10.9 Å². The van der Waals surface area contributed by atoms with Gasteiger partial charge in [-0.25, -0.2) is 0 Å². The van der Waals surface area contributed by atoms with Gasteiger partial charge in [-0.05, 0) is 51.2 Å². The van der Waals surface area contributed by atoms with Crippen LogP contribution in [0.3, 0.4) is 0 Å². The summed E-state index contributed by atoms with van der Waals surface area (Å²) in [5.41, 5.74) is 2.35. The molecule has 1 nitrogen and oxygen atoms in total. The maximum atomic E-state index is 6.09. The molecule has 0 radical (unpaired) electrons. The molecule has 0 aliphatic rings. The van der Waals surface area contributed by atoms with Crippen LogP contribution in [0, 0.1) is 5.92 Å². The topological polar surface area (TPSA) is 12.4 Å². The molecule has 0 aliphatic carbocycles. The predicted molar refractivity (Wildman–Crippen MR) is 89.2 cm³/mol. The monoisotopic (exact) mass is 281 g/mol. The van der Waals surface area contributed by atoms with E-state index in [0.717, 1.165) is 23.6 Å². The number of nitrogens with zero attached hydrogens (tertiary/aromatic N) is 1. The van der Waals surface area contributed by atoms with Gasteiger partial charge in [0.15, 0.2) is 0 Å². The summed E-state index contributed by atoms with van der Waals surface area (Å²) >= 11 is 6.09. The highest BCUT2D eigenvalue weighted by molar-refractivity contribution is 6.31. The van der Waals surface area contributed by atoms with Gasteiger partial charge in [-0.3, -0.25) is 4.99 Å². The fraction of sp³-hybridized carbons (Fsp3) is 0.588. The predicted octanol–water partition coefficient (Wildman–Crippen LogP) is 5.92. The average Bonchev–Trinajstić information content (AvgIpc) is 2.42. The molecule has 0 heterocycles. The van der Waals surface area contributed by atoms with Crippen LogP contribution in [-0.2, 0) is 0 Å². The van der Waals surface area contributed by atoms with E-state index < -0.39 is 0 Å². The van der Waals surface area contributed by atoms with Crippen LogP contribution in [0.2, 0.25) is 0 Å². The smallest absolute Gasteiger partial charge is 0.0581 e. The molecule has 2 heteroatoms. The second kappa shape index (κ2) is 11.0. The van der Waals surface area contributed by atoms with Gasteiger partial charge in [-0.15, -0.1) is 0 Å². The first-order valence-corrected chi connectivity index (χ1v) is 7.58. The zero-order valence-electron chi connectivity index (χ0n) is 13.0. The summed E-state index contributed by atoms with van der Waals surface area (Å²) in [5, 5.41) is 0.852. The van der Waals surface area contributed by atoms with Crippen molar-refractivity contribution in [2.45, 2.75) is 53.4 Å². The van der Waals surface area contributed by atoms with Crippen LogP contribution in [0.15, 0.2) is 39.9 Å². The molecule has 0 aromatic heterocycles. The van der Waals surface area contributed by atoms with E-state index in [9.17, 15) is 0 Å². The highest BCUT2D eigenvalue weighted by Crippen LogP contribution is 2.22. The Morgan fingerprint density at radius 2 is 1.95 bits per heavy atom. The summed E-state index contributed by atoms with van der Waals surface area (Å²) in [6, 6.07) is 0. The van der Waals surface area contributed by atoms with Gasteiger partial charge in [-0.2, -0.15) is 0 Å². The first-order chi connectivity index (χ1) is 9.08. The molecule has 0 spiro atoms. The van der Waals surface area contributed by atoms with Crippen LogP contribution in [-0.4, -0.2) is 12.8 Å². The molecule has 0 saturated heterocycles. The van der Waals surface area contributed by atoms with E-state index in [4.69, 9.17) is 11.6 Å². The Labute approximate surface area is 124 Å². The maximum absolute atomic E-state index is 6.09. The lowest BCUT2D eigenvalue weighted by Gasteiger charge is -2.15. The highest BCUT2D eigenvalue weighted by atomic mass is 35.5. The summed E-state index contributed by atoms with van der Waals surface area (Å²) in [5.74, 6) is 0.603. The SMILES string of the molecule is CC=CCC(CCC)/C(C)=C\C(/C=C(\Cl)CC)=NC. The van der Waals surface area contributed by atoms with E-state index in [-0.39, 0.29) is 0 Å². The third-order valence-corrected chi connectivity index (χ3v) is 3.59. The number of allylic oxidation sites excluding steroid dienone is 6. The highest BCUT2D eigenvalue weighted by Gasteiger charge is 2.08. The van der Waals surface area contributed by atoms with Crippen molar-refractivity contribution in [3.05, 3.63) is 34.9 Å². The minimum Gasteiger partial charge on any atom is -0.289 e. The Kier molecular flexibility index (Phi) is 10.6. The number of hydrogen-bond acceptors (Lipinski definition) is 1. The number of halogens is 1. The van der Waals surface area contributed by atoms with Crippen LogP contribution in [0.4, 0.5) is 0 Å².